The van der Waals surface area contributed by atoms with Crippen LogP contribution < -0.4 is 15.4 Å². The topological polar surface area (TPSA) is 63.2 Å². The molecule has 0 aliphatic carbocycles. The summed E-state index contributed by atoms with van der Waals surface area (Å²) >= 11 is 6.05. The minimum atomic E-state index is -4.49. The van der Waals surface area contributed by atoms with Crippen molar-refractivity contribution in [2.24, 2.45) is 0 Å². The molecule has 12 heteroatoms. The number of amides is 2. The monoisotopic (exact) mass is 593 g/mol. The molecule has 0 aliphatic heterocycles. The van der Waals surface area contributed by atoms with Gasteiger partial charge in [0, 0.05) is 24.4 Å². The van der Waals surface area contributed by atoms with E-state index in [1.807, 2.05) is 0 Å². The van der Waals surface area contributed by atoms with Crippen LogP contribution in [0, 0.1) is 11.6 Å². The Morgan fingerprint density at radius 1 is 0.927 bits per heavy atom. The number of hydrogen-bond donors (Lipinski definition) is 2. The zero-order valence-electron chi connectivity index (χ0n) is 21.1. The molecule has 3 aromatic carbocycles. The molecule has 41 heavy (non-hydrogen) atoms. The second-order valence-corrected chi connectivity index (χ2v) is 9.48. The number of halogens is 7. The van der Waals surface area contributed by atoms with Crippen molar-refractivity contribution in [3.8, 4) is 5.75 Å². The quantitative estimate of drug-likeness (QED) is 0.186. The van der Waals surface area contributed by atoms with E-state index in [0.717, 1.165) is 24.3 Å². The first kappa shape index (κ1) is 29.7. The first-order valence-corrected chi connectivity index (χ1v) is 12.5. The van der Waals surface area contributed by atoms with Gasteiger partial charge in [0.05, 0.1) is 10.7 Å². The van der Waals surface area contributed by atoms with Crippen LogP contribution in [0.15, 0.2) is 91.1 Å². The second kappa shape index (κ2) is 12.5. The lowest BCUT2D eigenvalue weighted by molar-refractivity contribution is -0.148. The third-order valence-corrected chi connectivity index (χ3v) is 6.22. The maximum atomic E-state index is 15.0. The van der Waals surface area contributed by atoms with Gasteiger partial charge in [-0.25, -0.2) is 22.4 Å². The number of urea groups is 1. The lowest BCUT2D eigenvalue weighted by atomic mass is 9.80. The summed E-state index contributed by atoms with van der Waals surface area (Å²) in [5.41, 5.74) is -0.797. The fraction of sp³-hybridized carbons (Fsp3) is 0.172. The zero-order valence-corrected chi connectivity index (χ0v) is 21.8. The molecule has 214 valence electrons. The Morgan fingerprint density at radius 3 is 2.34 bits per heavy atom. The summed E-state index contributed by atoms with van der Waals surface area (Å²) in [6.45, 7) is -1.72. The lowest BCUT2D eigenvalue weighted by Crippen LogP contribution is -2.50. The fourth-order valence-electron chi connectivity index (χ4n) is 4.11. The van der Waals surface area contributed by atoms with Crippen LogP contribution in [0.3, 0.4) is 0 Å². The Kier molecular flexibility index (Phi) is 9.07. The highest BCUT2D eigenvalue weighted by molar-refractivity contribution is 6.30. The number of pyridine rings is 1. The molecule has 0 bridgehead atoms. The molecule has 0 spiro atoms. The molecule has 4 aromatic rings. The minimum absolute atomic E-state index is 0.0130. The number of nitrogens with zero attached hydrogens (tertiary/aromatic N) is 1. The molecule has 1 aromatic heterocycles. The van der Waals surface area contributed by atoms with Crippen molar-refractivity contribution in [2.45, 2.75) is 24.3 Å². The van der Waals surface area contributed by atoms with Crippen molar-refractivity contribution in [2.75, 3.05) is 11.9 Å². The smallest absolute Gasteiger partial charge is 0.340 e. The summed E-state index contributed by atoms with van der Waals surface area (Å²) < 4.78 is 86.2. The van der Waals surface area contributed by atoms with Gasteiger partial charge >= 0.3 is 18.4 Å². The molecule has 1 heterocycles. The number of benzene rings is 3. The van der Waals surface area contributed by atoms with Gasteiger partial charge < -0.3 is 15.4 Å². The van der Waals surface area contributed by atoms with Crippen LogP contribution in [-0.2, 0) is 12.0 Å². The van der Waals surface area contributed by atoms with E-state index >= 15 is 0 Å². The predicted octanol–water partition coefficient (Wildman–Crippen LogP) is 7.60. The Balaban J connectivity index is 1.84. The molecule has 0 fully saturated rings. The highest BCUT2D eigenvalue weighted by Gasteiger charge is 2.42. The van der Waals surface area contributed by atoms with Gasteiger partial charge in [-0.05, 0) is 53.6 Å². The number of carbonyl (C=O) groups excluding carboxylic acids is 1. The van der Waals surface area contributed by atoms with Gasteiger partial charge in [0.25, 0.3) is 0 Å². The summed E-state index contributed by atoms with van der Waals surface area (Å²) in [7, 11) is 0. The summed E-state index contributed by atoms with van der Waals surface area (Å²) in [5, 5.41) is 5.54. The Morgan fingerprint density at radius 2 is 1.68 bits per heavy atom. The number of aromatic nitrogens is 1. The van der Waals surface area contributed by atoms with Crippen LogP contribution in [0.5, 0.6) is 5.75 Å². The third-order valence-electron chi connectivity index (χ3n) is 6.00. The van der Waals surface area contributed by atoms with Gasteiger partial charge in [-0.15, -0.1) is 0 Å². The number of ether oxygens (including phenoxy) is 1. The van der Waals surface area contributed by atoms with Crippen molar-refractivity contribution < 1.29 is 35.9 Å². The molecular formula is C29H22ClF6N3O2. The number of hydrogen-bond acceptors (Lipinski definition) is 3. The molecule has 2 amide bonds. The number of carbonyl (C=O) groups is 1. The summed E-state index contributed by atoms with van der Waals surface area (Å²) in [6, 6.07) is 18.8. The van der Waals surface area contributed by atoms with Gasteiger partial charge in [0.15, 0.2) is 6.61 Å². The van der Waals surface area contributed by atoms with E-state index in [0.29, 0.717) is 5.56 Å². The van der Waals surface area contributed by atoms with Crippen LogP contribution in [0.2, 0.25) is 5.02 Å². The van der Waals surface area contributed by atoms with Gasteiger partial charge in [-0.1, -0.05) is 48.0 Å². The standard InChI is InChI=1S/C29H22ClF6N3O2/c30-20-9-10-25(37-16-20)28(15-18-5-2-1-3-6-18,39-27(40)38-23-8-4-7-21(31)13-23)19-11-22(32)14-24(12-19)41-17-29(35,36)26(33)34/h1-14,16,26H,15,17H2,(H2,38,39,40)/t28-/m0/s1. The molecule has 0 radical (unpaired) electrons. The average molecular weight is 594 g/mol. The summed E-state index contributed by atoms with van der Waals surface area (Å²) in [6.07, 6.45) is -2.75. The maximum absolute atomic E-state index is 15.0. The van der Waals surface area contributed by atoms with Crippen LogP contribution in [0.4, 0.5) is 36.8 Å². The predicted molar refractivity (Wildman–Crippen MR) is 142 cm³/mol. The maximum Gasteiger partial charge on any atom is 0.340 e. The van der Waals surface area contributed by atoms with E-state index in [2.05, 4.69) is 15.6 Å². The van der Waals surface area contributed by atoms with Crippen LogP contribution in [-0.4, -0.2) is 30.0 Å². The highest BCUT2D eigenvalue weighted by atomic mass is 35.5. The van der Waals surface area contributed by atoms with E-state index in [-0.39, 0.29) is 28.4 Å². The SMILES string of the molecule is O=C(Nc1cccc(F)c1)N[C@@](Cc1ccccc1)(c1cc(F)cc(OCC(F)(F)C(F)F)c1)c1ccc(Cl)cn1. The first-order valence-electron chi connectivity index (χ1n) is 12.1. The van der Waals surface area contributed by atoms with Crippen LogP contribution in [0.25, 0.3) is 0 Å². The molecular weight excluding hydrogens is 572 g/mol. The van der Waals surface area contributed by atoms with Crippen LogP contribution in [0.1, 0.15) is 16.8 Å². The molecule has 0 saturated heterocycles. The van der Waals surface area contributed by atoms with E-state index < -0.39 is 47.9 Å². The fourth-order valence-corrected chi connectivity index (χ4v) is 4.22. The van der Waals surface area contributed by atoms with Gasteiger partial charge in [-0.3, -0.25) is 4.98 Å². The summed E-state index contributed by atoms with van der Waals surface area (Å²) in [5.74, 6) is -6.55. The normalized spacial score (nSPS) is 13.0. The molecule has 5 nitrogen and oxygen atoms in total. The molecule has 4 rings (SSSR count). The van der Waals surface area contributed by atoms with Gasteiger partial charge in [-0.2, -0.15) is 8.78 Å². The molecule has 0 saturated carbocycles. The number of anilines is 1. The number of rotatable bonds is 10. The van der Waals surface area contributed by atoms with E-state index in [9.17, 15) is 31.1 Å². The molecule has 0 aliphatic rings. The van der Waals surface area contributed by atoms with Gasteiger partial charge in [0.1, 0.15) is 22.9 Å². The average Bonchev–Trinajstić information content (AvgIpc) is 2.92. The van der Waals surface area contributed by atoms with Crippen molar-refractivity contribution in [3.63, 3.8) is 0 Å². The molecule has 2 N–H and O–H groups in total. The van der Waals surface area contributed by atoms with Crippen molar-refractivity contribution in [1.82, 2.24) is 10.3 Å². The number of nitrogens with one attached hydrogen (secondary N) is 2. The second-order valence-electron chi connectivity index (χ2n) is 9.04. The van der Waals surface area contributed by atoms with E-state index in [1.54, 1.807) is 30.3 Å². The Labute approximate surface area is 236 Å². The van der Waals surface area contributed by atoms with E-state index in [4.69, 9.17) is 16.3 Å². The Bertz CT molecular complexity index is 1490. The largest absolute Gasteiger partial charge is 0.487 e. The molecule has 0 unspecified atom stereocenters. The number of alkyl halides is 4. The van der Waals surface area contributed by atoms with Crippen molar-refractivity contribution in [1.29, 1.82) is 0 Å². The Hall–Kier alpha value is -4.25. The lowest BCUT2D eigenvalue weighted by Gasteiger charge is -2.35. The van der Waals surface area contributed by atoms with Crippen molar-refractivity contribution in [3.05, 3.63) is 125 Å². The van der Waals surface area contributed by atoms with Crippen molar-refractivity contribution >= 4 is 23.3 Å². The summed E-state index contributed by atoms with van der Waals surface area (Å²) in [4.78, 5) is 17.7. The molecule has 1 atom stereocenters. The third kappa shape index (κ3) is 7.49. The van der Waals surface area contributed by atoms with Crippen LogP contribution >= 0.6 is 11.6 Å². The zero-order chi connectivity index (χ0) is 29.6. The highest BCUT2D eigenvalue weighted by Crippen LogP contribution is 2.36. The minimum Gasteiger partial charge on any atom is -0.487 e. The van der Waals surface area contributed by atoms with Gasteiger partial charge in [0.2, 0.25) is 0 Å². The first-order chi connectivity index (χ1) is 19.5. The van der Waals surface area contributed by atoms with E-state index in [1.165, 1.54) is 36.5 Å².